The van der Waals surface area contributed by atoms with E-state index in [1.165, 1.54) is 6.07 Å². The van der Waals surface area contributed by atoms with Crippen LogP contribution in [0.15, 0.2) is 35.3 Å². The SMILES string of the molecule is O=c1c2ccccc2nc(C2CCCN2c2cnsn2)n1CC(F)(F)F. The Morgan fingerprint density at radius 3 is 2.81 bits per heavy atom. The van der Waals surface area contributed by atoms with Crippen molar-refractivity contribution >= 4 is 28.4 Å². The number of para-hydroxylation sites is 1. The maximum absolute atomic E-state index is 13.1. The molecule has 0 spiro atoms. The summed E-state index contributed by atoms with van der Waals surface area (Å²) in [4.78, 5) is 19.1. The van der Waals surface area contributed by atoms with E-state index in [1.54, 1.807) is 24.4 Å². The predicted octanol–water partition coefficient (Wildman–Crippen LogP) is 3.15. The average molecular weight is 381 g/mol. The molecule has 1 aromatic carbocycles. The van der Waals surface area contributed by atoms with E-state index < -0.39 is 24.3 Å². The van der Waals surface area contributed by atoms with Crippen LogP contribution in [0.3, 0.4) is 0 Å². The molecule has 0 amide bonds. The molecular formula is C16H14F3N5OS. The van der Waals surface area contributed by atoms with Crippen LogP contribution in [-0.4, -0.2) is 31.0 Å². The van der Waals surface area contributed by atoms with Gasteiger partial charge in [0.2, 0.25) is 0 Å². The van der Waals surface area contributed by atoms with E-state index in [1.807, 2.05) is 4.90 Å². The van der Waals surface area contributed by atoms with E-state index in [2.05, 4.69) is 13.7 Å². The molecule has 0 radical (unpaired) electrons. The fraction of sp³-hybridized carbons (Fsp3) is 0.375. The van der Waals surface area contributed by atoms with Gasteiger partial charge in [-0.05, 0) is 25.0 Å². The number of halogens is 3. The normalized spacial score (nSPS) is 18.0. The second-order valence-electron chi connectivity index (χ2n) is 6.11. The third-order valence-corrected chi connectivity index (χ3v) is 4.89. The molecule has 1 unspecified atom stereocenters. The van der Waals surface area contributed by atoms with Crippen molar-refractivity contribution in [3.63, 3.8) is 0 Å². The summed E-state index contributed by atoms with van der Waals surface area (Å²) in [7, 11) is 0. The number of aromatic nitrogens is 4. The molecule has 3 aromatic rings. The van der Waals surface area contributed by atoms with Gasteiger partial charge in [-0.3, -0.25) is 9.36 Å². The van der Waals surface area contributed by atoms with Gasteiger partial charge in [-0.25, -0.2) is 4.98 Å². The lowest BCUT2D eigenvalue weighted by molar-refractivity contribution is -0.141. The van der Waals surface area contributed by atoms with Crippen LogP contribution in [0.4, 0.5) is 19.0 Å². The van der Waals surface area contributed by atoms with Gasteiger partial charge in [-0.15, -0.1) is 0 Å². The third kappa shape index (κ3) is 3.05. The topological polar surface area (TPSA) is 63.9 Å². The lowest BCUT2D eigenvalue weighted by atomic mass is 10.1. The van der Waals surface area contributed by atoms with Crippen LogP contribution in [0.5, 0.6) is 0 Å². The summed E-state index contributed by atoms with van der Waals surface area (Å²) in [5, 5.41) is 0.181. The van der Waals surface area contributed by atoms with Crippen molar-refractivity contribution in [2.24, 2.45) is 0 Å². The van der Waals surface area contributed by atoms with E-state index in [0.29, 0.717) is 24.3 Å². The van der Waals surface area contributed by atoms with Crippen LogP contribution in [0.25, 0.3) is 10.9 Å². The monoisotopic (exact) mass is 381 g/mol. The molecule has 1 fully saturated rings. The van der Waals surface area contributed by atoms with Gasteiger partial charge in [-0.2, -0.15) is 21.9 Å². The van der Waals surface area contributed by atoms with E-state index in [9.17, 15) is 18.0 Å². The molecule has 1 aliphatic heterocycles. The highest BCUT2D eigenvalue weighted by Crippen LogP contribution is 2.35. The van der Waals surface area contributed by atoms with Crippen molar-refractivity contribution in [1.82, 2.24) is 18.3 Å². The van der Waals surface area contributed by atoms with Crippen molar-refractivity contribution in [2.45, 2.75) is 31.6 Å². The summed E-state index contributed by atoms with van der Waals surface area (Å²) < 4.78 is 48.3. The number of benzene rings is 1. The molecule has 1 atom stereocenters. The van der Waals surface area contributed by atoms with Crippen molar-refractivity contribution in [2.75, 3.05) is 11.4 Å². The number of rotatable bonds is 3. The fourth-order valence-corrected chi connectivity index (χ4v) is 3.79. The largest absolute Gasteiger partial charge is 0.406 e. The Morgan fingerprint density at radius 2 is 2.08 bits per heavy atom. The molecule has 3 heterocycles. The van der Waals surface area contributed by atoms with Crippen molar-refractivity contribution in [1.29, 1.82) is 0 Å². The van der Waals surface area contributed by atoms with Gasteiger partial charge >= 0.3 is 6.18 Å². The highest BCUT2D eigenvalue weighted by atomic mass is 32.1. The first-order valence-electron chi connectivity index (χ1n) is 8.04. The summed E-state index contributed by atoms with van der Waals surface area (Å²) in [6, 6.07) is 6.02. The van der Waals surface area contributed by atoms with Gasteiger partial charge in [0.25, 0.3) is 5.56 Å². The highest BCUT2D eigenvalue weighted by molar-refractivity contribution is 6.99. The van der Waals surface area contributed by atoms with E-state index >= 15 is 0 Å². The number of hydrogen-bond acceptors (Lipinski definition) is 6. The zero-order chi connectivity index (χ0) is 18.3. The number of alkyl halides is 3. The molecule has 0 saturated carbocycles. The van der Waals surface area contributed by atoms with E-state index in [-0.39, 0.29) is 11.2 Å². The van der Waals surface area contributed by atoms with E-state index in [0.717, 1.165) is 22.7 Å². The molecule has 4 rings (SSSR count). The number of hydrogen-bond donors (Lipinski definition) is 0. The van der Waals surface area contributed by atoms with Crippen molar-refractivity contribution < 1.29 is 13.2 Å². The highest BCUT2D eigenvalue weighted by Gasteiger charge is 2.36. The van der Waals surface area contributed by atoms with Crippen molar-refractivity contribution in [3.05, 3.63) is 46.6 Å². The molecule has 0 aliphatic carbocycles. The minimum absolute atomic E-state index is 0.122. The molecule has 136 valence electrons. The number of fused-ring (bicyclic) bond motifs is 1. The Labute approximate surface area is 150 Å². The summed E-state index contributed by atoms with van der Waals surface area (Å²) >= 11 is 1.03. The second-order valence-corrected chi connectivity index (χ2v) is 6.67. The maximum atomic E-state index is 13.1. The molecule has 6 nitrogen and oxygen atoms in total. The van der Waals surface area contributed by atoms with Gasteiger partial charge in [0.1, 0.15) is 12.4 Å². The molecule has 10 heteroatoms. The molecule has 1 saturated heterocycles. The number of anilines is 1. The maximum Gasteiger partial charge on any atom is 0.406 e. The van der Waals surface area contributed by atoms with Crippen LogP contribution in [0.2, 0.25) is 0 Å². The smallest absolute Gasteiger partial charge is 0.344 e. The van der Waals surface area contributed by atoms with Crippen LogP contribution < -0.4 is 10.5 Å². The standard InChI is InChI=1S/C16H14F3N5OS/c17-16(18,19)9-24-14(21-11-5-2-1-4-10(11)15(24)25)12-6-3-7-23(12)13-8-20-26-22-13/h1-2,4-5,8,12H,3,6-7,9H2. The summed E-state index contributed by atoms with van der Waals surface area (Å²) in [5.41, 5.74) is -0.277. The van der Waals surface area contributed by atoms with Crippen molar-refractivity contribution in [3.8, 4) is 0 Å². The first-order chi connectivity index (χ1) is 12.4. The summed E-state index contributed by atoms with van der Waals surface area (Å²) in [5.74, 6) is 0.718. The quantitative estimate of drug-likeness (QED) is 0.697. The lowest BCUT2D eigenvalue weighted by Gasteiger charge is -2.26. The molecule has 1 aliphatic rings. The van der Waals surface area contributed by atoms with Gasteiger partial charge < -0.3 is 4.90 Å². The first-order valence-corrected chi connectivity index (χ1v) is 8.77. The minimum atomic E-state index is -4.52. The summed E-state index contributed by atoms with van der Waals surface area (Å²) in [6.45, 7) is -0.733. The lowest BCUT2D eigenvalue weighted by Crippen LogP contribution is -2.36. The summed E-state index contributed by atoms with van der Waals surface area (Å²) in [6.07, 6.45) is -1.57. The first kappa shape index (κ1) is 17.0. The van der Waals surface area contributed by atoms with Crippen LogP contribution in [-0.2, 0) is 6.54 Å². The van der Waals surface area contributed by atoms with Crippen LogP contribution in [0, 0.1) is 0 Å². The fourth-order valence-electron chi connectivity index (χ4n) is 3.37. The Balaban J connectivity index is 1.90. The average Bonchev–Trinajstić information content (AvgIpc) is 3.26. The van der Waals surface area contributed by atoms with Crippen LogP contribution in [0.1, 0.15) is 24.7 Å². The van der Waals surface area contributed by atoms with Gasteiger partial charge in [0, 0.05) is 6.54 Å². The van der Waals surface area contributed by atoms with Gasteiger partial charge in [0.05, 0.1) is 34.9 Å². The third-order valence-electron chi connectivity index (χ3n) is 4.42. The Kier molecular flexibility index (Phi) is 4.14. The second kappa shape index (κ2) is 6.35. The zero-order valence-corrected chi connectivity index (χ0v) is 14.3. The molecule has 26 heavy (non-hydrogen) atoms. The predicted molar refractivity (Wildman–Crippen MR) is 91.3 cm³/mol. The molecular weight excluding hydrogens is 367 g/mol. The number of nitrogens with zero attached hydrogens (tertiary/aromatic N) is 5. The Morgan fingerprint density at radius 1 is 1.27 bits per heavy atom. The van der Waals surface area contributed by atoms with Gasteiger partial charge in [-0.1, -0.05) is 12.1 Å². The molecule has 2 aromatic heterocycles. The van der Waals surface area contributed by atoms with Gasteiger partial charge in [0.15, 0.2) is 5.82 Å². The van der Waals surface area contributed by atoms with E-state index in [4.69, 9.17) is 0 Å². The Hall–Kier alpha value is -2.49. The minimum Gasteiger partial charge on any atom is -0.344 e. The van der Waals surface area contributed by atoms with Crippen LogP contribution >= 0.6 is 11.7 Å². The molecule has 0 bridgehead atoms. The Bertz CT molecular complexity index is 986. The molecule has 0 N–H and O–H groups in total. The zero-order valence-electron chi connectivity index (χ0n) is 13.5.